The van der Waals surface area contributed by atoms with Crippen LogP contribution in [0, 0.1) is 10.1 Å². The Kier molecular flexibility index (Phi) is 4.49. The van der Waals surface area contributed by atoms with Gasteiger partial charge in [0.15, 0.2) is 0 Å². The van der Waals surface area contributed by atoms with Crippen LogP contribution in [0.3, 0.4) is 0 Å². The zero-order valence-electron chi connectivity index (χ0n) is 11.1. The molecular weight excluding hydrogens is 294 g/mol. The van der Waals surface area contributed by atoms with Gasteiger partial charge in [-0.2, -0.15) is 11.3 Å². The van der Waals surface area contributed by atoms with E-state index in [1.807, 2.05) is 23.8 Å². The summed E-state index contributed by atoms with van der Waals surface area (Å²) >= 11 is 1.59. The second-order valence-electron chi connectivity index (χ2n) is 4.53. The van der Waals surface area contributed by atoms with E-state index in [1.165, 1.54) is 0 Å². The maximum absolute atomic E-state index is 11.2. The molecule has 7 nitrogen and oxygen atoms in total. The zero-order valence-corrected chi connectivity index (χ0v) is 12.0. The van der Waals surface area contributed by atoms with E-state index < -0.39 is 10.9 Å². The number of nitrogens with zero attached hydrogens (tertiary/aromatic N) is 2. The summed E-state index contributed by atoms with van der Waals surface area (Å²) in [5.41, 5.74) is 0.587. The number of nitro groups is 1. The SMILES string of the molecule is CC(Cc1ccsc1)Nc1ncc([N+](=O)[O-])cc1C(=O)O. The lowest BCUT2D eigenvalue weighted by atomic mass is 10.1. The molecule has 0 aliphatic heterocycles. The Bertz CT molecular complexity index is 657. The van der Waals surface area contributed by atoms with Crippen LogP contribution in [0.25, 0.3) is 0 Å². The molecule has 0 spiro atoms. The molecule has 0 radical (unpaired) electrons. The van der Waals surface area contributed by atoms with Crippen LogP contribution in [-0.4, -0.2) is 27.0 Å². The lowest BCUT2D eigenvalue weighted by molar-refractivity contribution is -0.385. The number of thiophene rings is 1. The summed E-state index contributed by atoms with van der Waals surface area (Å²) in [5, 5.41) is 26.8. The molecule has 110 valence electrons. The van der Waals surface area contributed by atoms with Gasteiger partial charge in [0.25, 0.3) is 5.69 Å². The van der Waals surface area contributed by atoms with E-state index >= 15 is 0 Å². The smallest absolute Gasteiger partial charge is 0.339 e. The van der Waals surface area contributed by atoms with Crippen molar-refractivity contribution in [3.63, 3.8) is 0 Å². The molecule has 21 heavy (non-hydrogen) atoms. The number of aromatic carboxylic acids is 1. The van der Waals surface area contributed by atoms with Crippen LogP contribution in [0.2, 0.25) is 0 Å². The standard InChI is InChI=1S/C13H13N3O4S/c1-8(4-9-2-3-21-7-9)15-12-11(13(17)18)5-10(6-14-12)16(19)20/h2-3,5-8H,4H2,1H3,(H,14,15)(H,17,18). The minimum Gasteiger partial charge on any atom is -0.478 e. The van der Waals surface area contributed by atoms with Gasteiger partial charge < -0.3 is 10.4 Å². The van der Waals surface area contributed by atoms with Gasteiger partial charge in [0.2, 0.25) is 0 Å². The van der Waals surface area contributed by atoms with Crippen molar-refractivity contribution in [3.05, 3.63) is 50.3 Å². The summed E-state index contributed by atoms with van der Waals surface area (Å²) in [4.78, 5) is 25.1. The van der Waals surface area contributed by atoms with Crippen molar-refractivity contribution in [2.45, 2.75) is 19.4 Å². The van der Waals surface area contributed by atoms with Crippen LogP contribution >= 0.6 is 11.3 Å². The third kappa shape index (κ3) is 3.76. The molecule has 1 unspecified atom stereocenters. The predicted octanol–water partition coefficient (Wildman–Crippen LogP) is 2.79. The Morgan fingerprint density at radius 2 is 2.38 bits per heavy atom. The first kappa shape index (κ1) is 14.9. The van der Waals surface area contributed by atoms with Gasteiger partial charge in [-0.25, -0.2) is 9.78 Å². The zero-order chi connectivity index (χ0) is 15.4. The van der Waals surface area contributed by atoms with E-state index in [4.69, 9.17) is 5.11 Å². The summed E-state index contributed by atoms with van der Waals surface area (Å²) < 4.78 is 0. The molecule has 0 aliphatic carbocycles. The third-order valence-electron chi connectivity index (χ3n) is 2.82. The fraction of sp³-hybridized carbons (Fsp3) is 0.231. The van der Waals surface area contributed by atoms with Crippen molar-refractivity contribution >= 4 is 28.8 Å². The second-order valence-corrected chi connectivity index (χ2v) is 5.31. The summed E-state index contributed by atoms with van der Waals surface area (Å²) in [7, 11) is 0. The molecule has 2 heterocycles. The van der Waals surface area contributed by atoms with Crippen molar-refractivity contribution < 1.29 is 14.8 Å². The van der Waals surface area contributed by atoms with Crippen molar-refractivity contribution in [3.8, 4) is 0 Å². The quantitative estimate of drug-likeness (QED) is 0.628. The highest BCUT2D eigenvalue weighted by atomic mass is 32.1. The van der Waals surface area contributed by atoms with Gasteiger partial charge in [0.1, 0.15) is 17.6 Å². The van der Waals surface area contributed by atoms with E-state index in [0.29, 0.717) is 6.42 Å². The number of pyridine rings is 1. The van der Waals surface area contributed by atoms with Gasteiger partial charge in [0.05, 0.1) is 4.92 Å². The normalized spacial score (nSPS) is 11.9. The van der Waals surface area contributed by atoms with Crippen LogP contribution < -0.4 is 5.32 Å². The average molecular weight is 307 g/mol. The molecule has 2 rings (SSSR count). The monoisotopic (exact) mass is 307 g/mol. The average Bonchev–Trinajstić information content (AvgIpc) is 2.91. The predicted molar refractivity (Wildman–Crippen MR) is 79.0 cm³/mol. The summed E-state index contributed by atoms with van der Waals surface area (Å²) in [6.07, 6.45) is 1.76. The molecule has 0 aromatic carbocycles. The van der Waals surface area contributed by atoms with Crippen LogP contribution in [0.1, 0.15) is 22.8 Å². The van der Waals surface area contributed by atoms with E-state index in [0.717, 1.165) is 17.8 Å². The highest BCUT2D eigenvalue weighted by molar-refractivity contribution is 7.07. The topological polar surface area (TPSA) is 105 Å². The minimum atomic E-state index is -1.25. The number of hydrogen-bond donors (Lipinski definition) is 2. The summed E-state index contributed by atoms with van der Waals surface area (Å²) in [6, 6.07) is 2.95. The van der Waals surface area contributed by atoms with Crippen molar-refractivity contribution in [1.29, 1.82) is 0 Å². The van der Waals surface area contributed by atoms with Gasteiger partial charge in [0, 0.05) is 12.1 Å². The van der Waals surface area contributed by atoms with E-state index in [-0.39, 0.29) is 23.1 Å². The number of carbonyl (C=O) groups is 1. The molecular formula is C13H13N3O4S. The number of aromatic nitrogens is 1. The lowest BCUT2D eigenvalue weighted by Crippen LogP contribution is -2.20. The molecule has 1 atom stereocenters. The first-order chi connectivity index (χ1) is 9.97. The first-order valence-electron chi connectivity index (χ1n) is 6.12. The number of rotatable bonds is 6. The Hall–Kier alpha value is -2.48. The molecule has 0 fully saturated rings. The molecule has 0 aliphatic rings. The highest BCUT2D eigenvalue weighted by Gasteiger charge is 2.18. The third-order valence-corrected chi connectivity index (χ3v) is 3.55. The number of carboxylic acids is 1. The maximum atomic E-state index is 11.2. The van der Waals surface area contributed by atoms with Crippen LogP contribution in [0.5, 0.6) is 0 Å². The van der Waals surface area contributed by atoms with Gasteiger partial charge in [-0.1, -0.05) is 0 Å². The van der Waals surface area contributed by atoms with E-state index in [1.54, 1.807) is 11.3 Å². The fourth-order valence-electron chi connectivity index (χ4n) is 1.88. The summed E-state index contributed by atoms with van der Waals surface area (Å²) in [6.45, 7) is 1.90. The number of anilines is 1. The Morgan fingerprint density at radius 3 is 2.95 bits per heavy atom. The second kappa shape index (κ2) is 6.31. The van der Waals surface area contributed by atoms with E-state index in [9.17, 15) is 14.9 Å². The molecule has 2 N–H and O–H groups in total. The van der Waals surface area contributed by atoms with E-state index in [2.05, 4.69) is 10.3 Å². The molecule has 8 heteroatoms. The van der Waals surface area contributed by atoms with Crippen LogP contribution in [0.15, 0.2) is 29.1 Å². The molecule has 0 bridgehead atoms. The fourth-order valence-corrected chi connectivity index (χ4v) is 2.56. The Balaban J connectivity index is 2.18. The van der Waals surface area contributed by atoms with Crippen molar-refractivity contribution in [2.24, 2.45) is 0 Å². The first-order valence-corrected chi connectivity index (χ1v) is 7.07. The largest absolute Gasteiger partial charge is 0.478 e. The molecule has 2 aromatic heterocycles. The van der Waals surface area contributed by atoms with Gasteiger partial charge >= 0.3 is 5.97 Å². The van der Waals surface area contributed by atoms with Crippen molar-refractivity contribution in [1.82, 2.24) is 4.98 Å². The Morgan fingerprint density at radius 1 is 1.62 bits per heavy atom. The van der Waals surface area contributed by atoms with Gasteiger partial charge in [-0.15, -0.1) is 0 Å². The molecule has 2 aromatic rings. The minimum absolute atomic E-state index is 0.0494. The summed E-state index contributed by atoms with van der Waals surface area (Å²) in [5.74, 6) is -1.12. The number of nitrogens with one attached hydrogen (secondary N) is 1. The Labute approximate surface area is 124 Å². The van der Waals surface area contributed by atoms with Crippen molar-refractivity contribution in [2.75, 3.05) is 5.32 Å². The maximum Gasteiger partial charge on any atom is 0.339 e. The van der Waals surface area contributed by atoms with Crippen LogP contribution in [-0.2, 0) is 6.42 Å². The van der Waals surface area contributed by atoms with Crippen LogP contribution in [0.4, 0.5) is 11.5 Å². The van der Waals surface area contributed by atoms with Gasteiger partial charge in [-0.05, 0) is 35.7 Å². The van der Waals surface area contributed by atoms with Gasteiger partial charge in [-0.3, -0.25) is 10.1 Å². The molecule has 0 amide bonds. The number of hydrogen-bond acceptors (Lipinski definition) is 6. The molecule has 0 saturated carbocycles. The lowest BCUT2D eigenvalue weighted by Gasteiger charge is -2.15. The number of carboxylic acid groups (broad SMARTS) is 1. The highest BCUT2D eigenvalue weighted by Crippen LogP contribution is 2.20. The molecule has 0 saturated heterocycles.